The highest BCUT2D eigenvalue weighted by molar-refractivity contribution is 6.04. The third kappa shape index (κ3) is 6.82. The summed E-state index contributed by atoms with van der Waals surface area (Å²) in [6.07, 6.45) is -1.19. The minimum absolute atomic E-state index is 0.0845. The Morgan fingerprint density at radius 3 is 2.10 bits per heavy atom. The quantitative estimate of drug-likeness (QED) is 0.377. The summed E-state index contributed by atoms with van der Waals surface area (Å²) in [7, 11) is 0. The van der Waals surface area contributed by atoms with E-state index in [9.17, 15) is 19.2 Å². The summed E-state index contributed by atoms with van der Waals surface area (Å²) in [5, 5.41) is 29.8. The van der Waals surface area contributed by atoms with Crippen LogP contribution in [0.5, 0.6) is 0 Å². The molecule has 21 heavy (non-hydrogen) atoms. The van der Waals surface area contributed by atoms with Gasteiger partial charge in [0.25, 0.3) is 5.91 Å². The first-order valence-electron chi connectivity index (χ1n) is 6.15. The van der Waals surface area contributed by atoms with Crippen molar-refractivity contribution in [3.8, 4) is 0 Å². The molecule has 0 aliphatic carbocycles. The van der Waals surface area contributed by atoms with Gasteiger partial charge in [0.1, 0.15) is 12.1 Å². The second-order valence-corrected chi connectivity index (χ2v) is 5.43. The van der Waals surface area contributed by atoms with Gasteiger partial charge in [0, 0.05) is 5.41 Å². The molecular weight excluding hydrogens is 284 g/mol. The Morgan fingerprint density at radius 2 is 1.90 bits per heavy atom. The summed E-state index contributed by atoms with van der Waals surface area (Å²) in [5.74, 6) is -2.62. The molecule has 5 N–H and O–H groups in total. The number of aliphatic hydroxyl groups excluding tert-OH is 2. The standard InChI is InChI=1S/C8H15NO4.C4H5NO3/c1-8(2,3)7(13)9-5(4-10)6(11)12;6-2-1-3(7)5-4(2)8/h5,10H,4H2,1-3H3,(H,9,13)(H,11,12);2,6H,1H2,(H,5,7,8)/t5-;/m0./s1. The summed E-state index contributed by atoms with van der Waals surface area (Å²) < 4.78 is 0. The normalized spacial score (nSPS) is 19.2. The van der Waals surface area contributed by atoms with Crippen molar-refractivity contribution in [3.63, 3.8) is 0 Å². The van der Waals surface area contributed by atoms with E-state index in [2.05, 4.69) is 5.32 Å². The van der Waals surface area contributed by atoms with Crippen LogP contribution in [0.3, 0.4) is 0 Å². The van der Waals surface area contributed by atoms with E-state index in [1.165, 1.54) is 0 Å². The fourth-order valence-electron chi connectivity index (χ4n) is 1.10. The number of hydrogen-bond acceptors (Lipinski definition) is 6. The zero-order valence-electron chi connectivity index (χ0n) is 12.0. The van der Waals surface area contributed by atoms with Gasteiger partial charge in [0.15, 0.2) is 0 Å². The van der Waals surface area contributed by atoms with Gasteiger partial charge in [-0.2, -0.15) is 0 Å². The number of aliphatic hydroxyl groups is 2. The number of hydrogen-bond donors (Lipinski definition) is 5. The highest BCUT2D eigenvalue weighted by Crippen LogP contribution is 2.12. The molecule has 0 aromatic rings. The molecule has 1 rings (SSSR count). The third-order valence-corrected chi connectivity index (χ3v) is 2.41. The van der Waals surface area contributed by atoms with E-state index in [0.717, 1.165) is 0 Å². The summed E-state index contributed by atoms with van der Waals surface area (Å²) in [6, 6.07) is -1.22. The molecule has 1 heterocycles. The van der Waals surface area contributed by atoms with Crippen LogP contribution >= 0.6 is 0 Å². The zero-order valence-corrected chi connectivity index (χ0v) is 12.0. The highest BCUT2D eigenvalue weighted by atomic mass is 16.4. The zero-order chi connectivity index (χ0) is 16.8. The summed E-state index contributed by atoms with van der Waals surface area (Å²) in [4.78, 5) is 42.0. The molecule has 2 atom stereocenters. The van der Waals surface area contributed by atoms with Gasteiger partial charge in [0.05, 0.1) is 13.0 Å². The second kappa shape index (κ2) is 7.70. The number of aliphatic carboxylic acids is 1. The lowest BCUT2D eigenvalue weighted by Crippen LogP contribution is -2.47. The van der Waals surface area contributed by atoms with Crippen molar-refractivity contribution in [1.29, 1.82) is 0 Å². The Balaban J connectivity index is 0.000000423. The van der Waals surface area contributed by atoms with Crippen LogP contribution in [-0.2, 0) is 19.2 Å². The van der Waals surface area contributed by atoms with E-state index >= 15 is 0 Å². The molecule has 120 valence electrons. The van der Waals surface area contributed by atoms with Gasteiger partial charge in [-0.3, -0.25) is 19.7 Å². The van der Waals surface area contributed by atoms with Crippen LogP contribution in [-0.4, -0.2) is 57.8 Å². The third-order valence-electron chi connectivity index (χ3n) is 2.41. The van der Waals surface area contributed by atoms with Crippen LogP contribution in [0.4, 0.5) is 0 Å². The number of carboxylic acids is 1. The largest absolute Gasteiger partial charge is 0.480 e. The monoisotopic (exact) mass is 304 g/mol. The molecule has 0 radical (unpaired) electrons. The Bertz CT molecular complexity index is 428. The Kier molecular flexibility index (Phi) is 6.96. The minimum Gasteiger partial charge on any atom is -0.480 e. The maximum atomic E-state index is 11.3. The number of rotatable bonds is 3. The average molecular weight is 304 g/mol. The maximum Gasteiger partial charge on any atom is 0.328 e. The van der Waals surface area contributed by atoms with Gasteiger partial charge < -0.3 is 20.6 Å². The summed E-state index contributed by atoms with van der Waals surface area (Å²) >= 11 is 0. The molecule has 9 heteroatoms. The first-order valence-corrected chi connectivity index (χ1v) is 6.15. The lowest BCUT2D eigenvalue weighted by Gasteiger charge is -2.20. The molecule has 3 amide bonds. The molecule has 1 aliphatic rings. The van der Waals surface area contributed by atoms with Crippen molar-refractivity contribution in [2.75, 3.05) is 6.61 Å². The number of imide groups is 1. The smallest absolute Gasteiger partial charge is 0.328 e. The molecule has 1 saturated heterocycles. The predicted octanol–water partition coefficient (Wildman–Crippen LogP) is -2.01. The van der Waals surface area contributed by atoms with Crippen LogP contribution in [0.2, 0.25) is 0 Å². The highest BCUT2D eigenvalue weighted by Gasteiger charge is 2.28. The predicted molar refractivity (Wildman–Crippen MR) is 69.9 cm³/mol. The van der Waals surface area contributed by atoms with E-state index < -0.39 is 47.9 Å². The van der Waals surface area contributed by atoms with E-state index in [1.54, 1.807) is 20.8 Å². The van der Waals surface area contributed by atoms with E-state index in [4.69, 9.17) is 15.3 Å². The van der Waals surface area contributed by atoms with E-state index in [0.29, 0.717) is 0 Å². The SMILES string of the molecule is CC(C)(C)C(=O)N[C@@H](CO)C(=O)O.O=C1CC(O)C(=O)N1. The molecule has 1 fully saturated rings. The lowest BCUT2D eigenvalue weighted by atomic mass is 9.95. The van der Waals surface area contributed by atoms with Crippen molar-refractivity contribution >= 4 is 23.7 Å². The Morgan fingerprint density at radius 1 is 1.38 bits per heavy atom. The van der Waals surface area contributed by atoms with Crippen LogP contribution in [0.25, 0.3) is 0 Å². The van der Waals surface area contributed by atoms with E-state index in [-0.39, 0.29) is 6.42 Å². The second-order valence-electron chi connectivity index (χ2n) is 5.43. The number of carbonyl (C=O) groups is 4. The molecule has 0 spiro atoms. The molecule has 0 bridgehead atoms. The molecular formula is C12H20N2O7. The number of nitrogens with one attached hydrogen (secondary N) is 2. The molecule has 0 aromatic heterocycles. The molecule has 0 aromatic carbocycles. The number of carboxylic acid groups (broad SMARTS) is 1. The van der Waals surface area contributed by atoms with E-state index in [1.807, 2.05) is 5.32 Å². The van der Waals surface area contributed by atoms with Gasteiger partial charge in [-0.1, -0.05) is 20.8 Å². The number of carbonyl (C=O) groups excluding carboxylic acids is 3. The summed E-state index contributed by atoms with van der Waals surface area (Å²) in [6.45, 7) is 4.40. The van der Waals surface area contributed by atoms with Crippen molar-refractivity contribution in [1.82, 2.24) is 10.6 Å². The van der Waals surface area contributed by atoms with Gasteiger partial charge in [-0.25, -0.2) is 4.79 Å². The fraction of sp³-hybridized carbons (Fsp3) is 0.667. The van der Waals surface area contributed by atoms with Gasteiger partial charge >= 0.3 is 5.97 Å². The van der Waals surface area contributed by atoms with Gasteiger partial charge in [-0.05, 0) is 0 Å². The first kappa shape index (κ1) is 19.0. The molecule has 1 unspecified atom stereocenters. The van der Waals surface area contributed by atoms with Gasteiger partial charge in [-0.15, -0.1) is 0 Å². The minimum atomic E-state index is -1.24. The topological polar surface area (TPSA) is 153 Å². The summed E-state index contributed by atoms with van der Waals surface area (Å²) in [5.41, 5.74) is -0.650. The Hall–Kier alpha value is -2.00. The van der Waals surface area contributed by atoms with Crippen molar-refractivity contribution in [3.05, 3.63) is 0 Å². The maximum absolute atomic E-state index is 11.3. The van der Waals surface area contributed by atoms with Gasteiger partial charge in [0.2, 0.25) is 11.8 Å². The first-order chi connectivity index (χ1) is 9.48. The molecule has 1 aliphatic heterocycles. The average Bonchev–Trinajstić information content (AvgIpc) is 2.62. The van der Waals surface area contributed by atoms with Crippen LogP contribution in [0.15, 0.2) is 0 Å². The fourth-order valence-corrected chi connectivity index (χ4v) is 1.10. The molecule has 9 nitrogen and oxygen atoms in total. The molecule has 0 saturated carbocycles. The van der Waals surface area contributed by atoms with Crippen LogP contribution in [0.1, 0.15) is 27.2 Å². The van der Waals surface area contributed by atoms with Crippen LogP contribution in [0, 0.1) is 5.41 Å². The van der Waals surface area contributed by atoms with Crippen molar-refractivity contribution in [2.24, 2.45) is 5.41 Å². The van der Waals surface area contributed by atoms with Crippen molar-refractivity contribution in [2.45, 2.75) is 39.3 Å². The Labute approximate surface area is 121 Å². The lowest BCUT2D eigenvalue weighted by molar-refractivity contribution is -0.144. The van der Waals surface area contributed by atoms with Crippen LogP contribution < -0.4 is 10.6 Å². The number of amides is 3. The van der Waals surface area contributed by atoms with Crippen molar-refractivity contribution < 1.29 is 34.5 Å².